The van der Waals surface area contributed by atoms with Crippen LogP contribution in [0.2, 0.25) is 15.6 Å². The summed E-state index contributed by atoms with van der Waals surface area (Å²) in [4.78, 5) is 18.0. The van der Waals surface area contributed by atoms with Gasteiger partial charge in [0.15, 0.2) is 5.12 Å². The number of hydrogen-bond acceptors (Lipinski definition) is 6. The van der Waals surface area contributed by atoms with Gasteiger partial charge in [0.25, 0.3) is 0 Å². The molecule has 0 spiro atoms. The van der Waals surface area contributed by atoms with Crippen LogP contribution in [0.15, 0.2) is 0 Å². The van der Waals surface area contributed by atoms with Crippen LogP contribution in [0, 0.1) is 0 Å². The first-order chi connectivity index (χ1) is 8.32. The molecule has 0 bridgehead atoms. The van der Waals surface area contributed by atoms with Crippen LogP contribution in [0.4, 0.5) is 0 Å². The SMILES string of the molecule is CC(=O)SCC(O)C(O)c1c(Cl)nc(Cl)nc1Cl. The van der Waals surface area contributed by atoms with E-state index >= 15 is 0 Å². The van der Waals surface area contributed by atoms with Gasteiger partial charge in [-0.25, -0.2) is 9.97 Å². The van der Waals surface area contributed by atoms with Crippen LogP contribution >= 0.6 is 46.6 Å². The van der Waals surface area contributed by atoms with Crippen molar-refractivity contribution >= 4 is 51.7 Å². The summed E-state index contributed by atoms with van der Waals surface area (Å²) < 4.78 is 0. The molecule has 9 heteroatoms. The Morgan fingerprint density at radius 2 is 1.78 bits per heavy atom. The minimum absolute atomic E-state index is 0.00574. The molecule has 100 valence electrons. The number of aliphatic hydroxyl groups is 2. The zero-order valence-corrected chi connectivity index (χ0v) is 12.2. The Morgan fingerprint density at radius 1 is 1.28 bits per heavy atom. The fourth-order valence-corrected chi connectivity index (χ4v) is 2.58. The van der Waals surface area contributed by atoms with Crippen molar-refractivity contribution in [1.82, 2.24) is 9.97 Å². The van der Waals surface area contributed by atoms with E-state index in [0.29, 0.717) is 0 Å². The smallest absolute Gasteiger partial charge is 0.225 e. The van der Waals surface area contributed by atoms with Gasteiger partial charge < -0.3 is 10.2 Å². The summed E-state index contributed by atoms with van der Waals surface area (Å²) in [6.07, 6.45) is -2.62. The Morgan fingerprint density at radius 3 is 2.22 bits per heavy atom. The lowest BCUT2D eigenvalue weighted by Gasteiger charge is -2.18. The fourth-order valence-electron chi connectivity index (χ4n) is 1.12. The molecule has 0 aliphatic rings. The number of aromatic nitrogens is 2. The van der Waals surface area contributed by atoms with Gasteiger partial charge in [-0.2, -0.15) is 0 Å². The molecule has 0 saturated heterocycles. The highest BCUT2D eigenvalue weighted by Gasteiger charge is 2.26. The Kier molecular flexibility index (Phi) is 6.10. The van der Waals surface area contributed by atoms with Crippen molar-refractivity contribution in [2.45, 2.75) is 19.1 Å². The molecular weight excluding hydrogens is 323 g/mol. The van der Waals surface area contributed by atoms with Gasteiger partial charge in [0.05, 0.1) is 11.7 Å². The lowest BCUT2D eigenvalue weighted by atomic mass is 10.1. The molecule has 0 aromatic carbocycles. The topological polar surface area (TPSA) is 83.3 Å². The Labute approximate surface area is 122 Å². The van der Waals surface area contributed by atoms with Crippen LogP contribution in [-0.2, 0) is 4.79 Å². The van der Waals surface area contributed by atoms with E-state index in [2.05, 4.69) is 9.97 Å². The van der Waals surface area contributed by atoms with E-state index in [1.54, 1.807) is 0 Å². The van der Waals surface area contributed by atoms with Crippen LogP contribution in [-0.4, -0.2) is 37.2 Å². The highest BCUT2D eigenvalue weighted by Crippen LogP contribution is 2.31. The molecule has 1 aromatic rings. The summed E-state index contributed by atoms with van der Waals surface area (Å²) in [6.45, 7) is 1.36. The van der Waals surface area contributed by atoms with Crippen LogP contribution in [0.5, 0.6) is 0 Å². The summed E-state index contributed by atoms with van der Waals surface area (Å²) in [7, 11) is 0. The molecule has 5 nitrogen and oxygen atoms in total. The van der Waals surface area contributed by atoms with Gasteiger partial charge in [-0.05, 0) is 11.6 Å². The van der Waals surface area contributed by atoms with E-state index in [0.717, 1.165) is 11.8 Å². The quantitative estimate of drug-likeness (QED) is 0.649. The predicted molar refractivity (Wildman–Crippen MR) is 71.2 cm³/mol. The first-order valence-corrected chi connectivity index (χ1v) is 6.82. The highest BCUT2D eigenvalue weighted by molar-refractivity contribution is 8.13. The van der Waals surface area contributed by atoms with Crippen molar-refractivity contribution in [1.29, 1.82) is 0 Å². The Balaban J connectivity index is 2.89. The second kappa shape index (κ2) is 6.88. The van der Waals surface area contributed by atoms with Crippen LogP contribution in [0.25, 0.3) is 0 Å². The van der Waals surface area contributed by atoms with Crippen molar-refractivity contribution in [2.75, 3.05) is 5.75 Å². The Hall–Kier alpha value is -0.110. The summed E-state index contributed by atoms with van der Waals surface area (Å²) in [5.41, 5.74) is -0.0145. The van der Waals surface area contributed by atoms with Crippen molar-refractivity contribution < 1.29 is 15.0 Å². The molecule has 2 unspecified atom stereocenters. The molecule has 0 amide bonds. The number of nitrogens with zero attached hydrogens (tertiary/aromatic N) is 2. The minimum Gasteiger partial charge on any atom is -0.389 e. The first-order valence-electron chi connectivity index (χ1n) is 4.70. The van der Waals surface area contributed by atoms with Crippen LogP contribution < -0.4 is 0 Å². The molecule has 0 aliphatic carbocycles. The van der Waals surface area contributed by atoms with Gasteiger partial charge >= 0.3 is 0 Å². The first kappa shape index (κ1) is 15.9. The molecule has 0 fully saturated rings. The number of rotatable bonds is 4. The van der Waals surface area contributed by atoms with Crippen LogP contribution in [0.3, 0.4) is 0 Å². The number of halogens is 3. The maximum atomic E-state index is 10.8. The normalized spacial score (nSPS) is 14.3. The third-order valence-corrected chi connectivity index (χ3v) is 3.60. The molecule has 0 saturated carbocycles. The van der Waals surface area contributed by atoms with Gasteiger partial charge in [0.1, 0.15) is 16.4 Å². The van der Waals surface area contributed by atoms with E-state index in [1.165, 1.54) is 6.92 Å². The highest BCUT2D eigenvalue weighted by atomic mass is 35.5. The lowest BCUT2D eigenvalue weighted by Crippen LogP contribution is -2.22. The zero-order chi connectivity index (χ0) is 13.9. The third-order valence-electron chi connectivity index (χ3n) is 1.94. The van der Waals surface area contributed by atoms with E-state index in [1.807, 2.05) is 0 Å². The van der Waals surface area contributed by atoms with Crippen molar-refractivity contribution in [3.05, 3.63) is 21.2 Å². The lowest BCUT2D eigenvalue weighted by molar-refractivity contribution is -0.109. The summed E-state index contributed by atoms with van der Waals surface area (Å²) in [5.74, 6) is 0.00574. The van der Waals surface area contributed by atoms with E-state index in [-0.39, 0.29) is 32.0 Å². The summed E-state index contributed by atoms with van der Waals surface area (Å²) >= 11 is 17.9. The largest absolute Gasteiger partial charge is 0.389 e. The molecule has 18 heavy (non-hydrogen) atoms. The van der Waals surface area contributed by atoms with E-state index in [4.69, 9.17) is 34.8 Å². The van der Waals surface area contributed by atoms with Gasteiger partial charge in [0.2, 0.25) is 5.28 Å². The molecular formula is C9H9Cl3N2O3S. The van der Waals surface area contributed by atoms with Gasteiger partial charge in [-0.1, -0.05) is 35.0 Å². The van der Waals surface area contributed by atoms with Crippen molar-refractivity contribution in [3.8, 4) is 0 Å². The summed E-state index contributed by atoms with van der Waals surface area (Å²) in [6, 6.07) is 0. The average Bonchev–Trinajstić information content (AvgIpc) is 2.24. The minimum atomic E-state index is -1.39. The molecule has 2 N–H and O–H groups in total. The average molecular weight is 332 g/mol. The number of carbonyl (C=O) groups is 1. The second-order valence-corrected chi connectivity index (χ2v) is 5.55. The van der Waals surface area contributed by atoms with Gasteiger partial charge in [-0.15, -0.1) is 0 Å². The molecule has 2 atom stereocenters. The maximum Gasteiger partial charge on any atom is 0.225 e. The number of thioether (sulfide) groups is 1. The van der Waals surface area contributed by atoms with Gasteiger partial charge in [-0.3, -0.25) is 4.79 Å². The molecule has 1 aromatic heterocycles. The second-order valence-electron chi connectivity index (χ2n) is 3.30. The van der Waals surface area contributed by atoms with Crippen molar-refractivity contribution in [2.24, 2.45) is 0 Å². The molecule has 0 aliphatic heterocycles. The van der Waals surface area contributed by atoms with E-state index in [9.17, 15) is 15.0 Å². The van der Waals surface area contributed by atoms with E-state index < -0.39 is 12.2 Å². The Bertz CT molecular complexity index is 438. The molecule has 1 rings (SSSR count). The third kappa shape index (κ3) is 4.22. The molecule has 0 radical (unpaired) electrons. The monoisotopic (exact) mass is 330 g/mol. The standard InChI is InChI=1S/C9H9Cl3N2O3S/c1-3(15)18-2-4(16)6(17)5-7(10)13-9(12)14-8(5)11/h4,6,16-17H,2H2,1H3. The fraction of sp³-hybridized carbons (Fsp3) is 0.444. The maximum absolute atomic E-state index is 10.8. The number of aliphatic hydroxyl groups excluding tert-OH is 2. The van der Waals surface area contributed by atoms with Gasteiger partial charge in [0, 0.05) is 12.7 Å². The van der Waals surface area contributed by atoms with Crippen LogP contribution in [0.1, 0.15) is 18.6 Å². The predicted octanol–water partition coefficient (Wildman–Crippen LogP) is 2.11. The number of carbonyl (C=O) groups excluding carboxylic acids is 1. The summed E-state index contributed by atoms with van der Waals surface area (Å²) in [5, 5.41) is 19.0. The van der Waals surface area contributed by atoms with Crippen molar-refractivity contribution in [3.63, 3.8) is 0 Å². The number of hydrogen-bond donors (Lipinski definition) is 2. The molecule has 1 heterocycles. The zero-order valence-electron chi connectivity index (χ0n) is 9.10.